The van der Waals surface area contributed by atoms with E-state index < -0.39 is 0 Å². The van der Waals surface area contributed by atoms with Crippen LogP contribution in [-0.4, -0.2) is 44.8 Å². The average molecular weight is 299 g/mol. The lowest BCUT2D eigenvalue weighted by Gasteiger charge is -2.31. The molecule has 1 aromatic heterocycles. The maximum atomic E-state index is 12.8. The first kappa shape index (κ1) is 14.2. The van der Waals surface area contributed by atoms with Gasteiger partial charge < -0.3 is 10.6 Å². The Morgan fingerprint density at radius 2 is 1.91 bits per heavy atom. The number of rotatable bonds is 3. The van der Waals surface area contributed by atoms with E-state index in [0.717, 1.165) is 12.8 Å². The number of aromatic nitrogens is 3. The van der Waals surface area contributed by atoms with Crippen LogP contribution in [0.25, 0.3) is 5.69 Å². The van der Waals surface area contributed by atoms with E-state index >= 15 is 0 Å². The lowest BCUT2D eigenvalue weighted by atomic mass is 9.96. The van der Waals surface area contributed by atoms with Crippen LogP contribution in [0.4, 0.5) is 0 Å². The summed E-state index contributed by atoms with van der Waals surface area (Å²) in [6.45, 7) is 0.999. The smallest absolute Gasteiger partial charge is 0.256 e. The van der Waals surface area contributed by atoms with Crippen LogP contribution in [0, 0.1) is 5.92 Å². The molecule has 1 aliphatic rings. The maximum absolute atomic E-state index is 12.8. The lowest BCUT2D eigenvalue weighted by molar-refractivity contribution is -0.123. The Kier molecular flexibility index (Phi) is 3.86. The first-order valence-corrected chi connectivity index (χ1v) is 7.21. The highest BCUT2D eigenvalue weighted by atomic mass is 16.2. The Labute approximate surface area is 127 Å². The lowest BCUT2D eigenvalue weighted by Crippen LogP contribution is -2.44. The van der Waals surface area contributed by atoms with Crippen LogP contribution in [0.1, 0.15) is 23.2 Å². The van der Waals surface area contributed by atoms with Crippen LogP contribution in [0.5, 0.6) is 0 Å². The number of benzene rings is 1. The zero-order valence-electron chi connectivity index (χ0n) is 12.1. The van der Waals surface area contributed by atoms with Crippen LogP contribution >= 0.6 is 0 Å². The fraction of sp³-hybridized carbons (Fsp3) is 0.333. The molecule has 1 aromatic carbocycles. The minimum absolute atomic E-state index is 0.126. The molecule has 3 rings (SSSR count). The normalized spacial score (nSPS) is 18.2. The molecule has 0 spiro atoms. The van der Waals surface area contributed by atoms with E-state index in [0.29, 0.717) is 24.3 Å². The second-order valence-electron chi connectivity index (χ2n) is 5.33. The molecule has 22 heavy (non-hydrogen) atoms. The molecule has 2 aromatic rings. The standard InChI is InChI=1S/C15H17N5O2/c16-14(21)11-4-3-9-19(10-11)15(22)12-5-1-2-6-13(12)20-17-7-8-18-20/h1-2,5-8,11H,3-4,9-10H2,(H2,16,21). The summed E-state index contributed by atoms with van der Waals surface area (Å²) in [5, 5.41) is 8.16. The topological polar surface area (TPSA) is 94.1 Å². The van der Waals surface area contributed by atoms with E-state index in [4.69, 9.17) is 5.73 Å². The molecule has 0 radical (unpaired) electrons. The van der Waals surface area contributed by atoms with E-state index in [-0.39, 0.29) is 17.7 Å². The maximum Gasteiger partial charge on any atom is 0.256 e. The molecule has 1 fully saturated rings. The molecule has 2 N–H and O–H groups in total. The van der Waals surface area contributed by atoms with Crippen LogP contribution in [-0.2, 0) is 4.79 Å². The number of nitrogens with two attached hydrogens (primary N) is 1. The van der Waals surface area contributed by atoms with Gasteiger partial charge in [0.1, 0.15) is 0 Å². The first-order valence-electron chi connectivity index (χ1n) is 7.21. The van der Waals surface area contributed by atoms with E-state index in [1.807, 2.05) is 6.07 Å². The number of hydrogen-bond donors (Lipinski definition) is 1. The Hall–Kier alpha value is -2.70. The van der Waals surface area contributed by atoms with Crippen LogP contribution in [0.2, 0.25) is 0 Å². The summed E-state index contributed by atoms with van der Waals surface area (Å²) in [7, 11) is 0. The number of likely N-dealkylation sites (tertiary alicyclic amines) is 1. The van der Waals surface area contributed by atoms with Gasteiger partial charge in [0, 0.05) is 13.1 Å². The fourth-order valence-electron chi connectivity index (χ4n) is 2.73. The Morgan fingerprint density at radius 3 is 2.64 bits per heavy atom. The van der Waals surface area contributed by atoms with Crippen molar-refractivity contribution in [1.29, 1.82) is 0 Å². The molecule has 2 amide bonds. The molecule has 114 valence electrons. The van der Waals surface area contributed by atoms with Gasteiger partial charge in [-0.15, -0.1) is 0 Å². The Bertz CT molecular complexity index is 683. The first-order chi connectivity index (χ1) is 10.7. The van der Waals surface area contributed by atoms with Crippen LogP contribution in [0.3, 0.4) is 0 Å². The molecule has 0 bridgehead atoms. The average Bonchev–Trinajstić information content (AvgIpc) is 3.08. The number of carbonyl (C=O) groups excluding carboxylic acids is 2. The van der Waals surface area contributed by atoms with Gasteiger partial charge in [-0.2, -0.15) is 15.0 Å². The van der Waals surface area contributed by atoms with E-state index in [2.05, 4.69) is 10.2 Å². The van der Waals surface area contributed by atoms with Crippen molar-refractivity contribution in [3.05, 3.63) is 42.2 Å². The second-order valence-corrected chi connectivity index (χ2v) is 5.33. The zero-order chi connectivity index (χ0) is 15.5. The number of primary amides is 1. The number of piperidine rings is 1. The molecule has 7 heteroatoms. The highest BCUT2D eigenvalue weighted by Gasteiger charge is 2.28. The Balaban J connectivity index is 1.88. The van der Waals surface area contributed by atoms with Crippen molar-refractivity contribution in [2.24, 2.45) is 11.7 Å². The number of amides is 2. The van der Waals surface area contributed by atoms with Crippen molar-refractivity contribution in [2.45, 2.75) is 12.8 Å². The van der Waals surface area contributed by atoms with Gasteiger partial charge in [-0.05, 0) is 25.0 Å². The second kappa shape index (κ2) is 5.97. The van der Waals surface area contributed by atoms with Gasteiger partial charge in [0.25, 0.3) is 5.91 Å². The minimum Gasteiger partial charge on any atom is -0.369 e. The van der Waals surface area contributed by atoms with Crippen molar-refractivity contribution in [1.82, 2.24) is 19.9 Å². The number of nitrogens with zero attached hydrogens (tertiary/aromatic N) is 4. The zero-order valence-corrected chi connectivity index (χ0v) is 12.1. The van der Waals surface area contributed by atoms with E-state index in [1.54, 1.807) is 35.5 Å². The third-order valence-corrected chi connectivity index (χ3v) is 3.88. The highest BCUT2D eigenvalue weighted by Crippen LogP contribution is 2.21. The Morgan fingerprint density at radius 1 is 1.18 bits per heavy atom. The molecule has 0 saturated carbocycles. The largest absolute Gasteiger partial charge is 0.369 e. The van der Waals surface area contributed by atoms with Gasteiger partial charge in [-0.25, -0.2) is 0 Å². The number of para-hydroxylation sites is 1. The van der Waals surface area contributed by atoms with Crippen molar-refractivity contribution in [3.8, 4) is 5.69 Å². The molecular weight excluding hydrogens is 282 g/mol. The van der Waals surface area contributed by atoms with Gasteiger partial charge in [0.15, 0.2) is 0 Å². The van der Waals surface area contributed by atoms with Gasteiger partial charge in [0.05, 0.1) is 29.6 Å². The third kappa shape index (κ3) is 2.69. The number of hydrogen-bond acceptors (Lipinski definition) is 4. The quantitative estimate of drug-likeness (QED) is 0.898. The molecule has 1 atom stereocenters. The van der Waals surface area contributed by atoms with E-state index in [9.17, 15) is 9.59 Å². The molecule has 1 aliphatic heterocycles. The summed E-state index contributed by atoms with van der Waals surface area (Å²) in [4.78, 5) is 27.3. The van der Waals surface area contributed by atoms with Gasteiger partial charge in [0.2, 0.25) is 5.91 Å². The van der Waals surface area contributed by atoms with E-state index in [1.165, 1.54) is 4.80 Å². The highest BCUT2D eigenvalue weighted by molar-refractivity contribution is 5.98. The third-order valence-electron chi connectivity index (χ3n) is 3.88. The molecule has 0 aliphatic carbocycles. The molecule has 1 unspecified atom stereocenters. The van der Waals surface area contributed by atoms with Crippen molar-refractivity contribution < 1.29 is 9.59 Å². The van der Waals surface area contributed by atoms with Crippen molar-refractivity contribution in [3.63, 3.8) is 0 Å². The van der Waals surface area contributed by atoms with Gasteiger partial charge >= 0.3 is 0 Å². The van der Waals surface area contributed by atoms with Gasteiger partial charge in [-0.3, -0.25) is 9.59 Å². The number of carbonyl (C=O) groups is 2. The monoisotopic (exact) mass is 299 g/mol. The van der Waals surface area contributed by atoms with Crippen molar-refractivity contribution >= 4 is 11.8 Å². The molecule has 1 saturated heterocycles. The summed E-state index contributed by atoms with van der Waals surface area (Å²) in [5.41, 5.74) is 6.52. The predicted molar refractivity (Wildman–Crippen MR) is 79.2 cm³/mol. The van der Waals surface area contributed by atoms with Crippen LogP contribution in [0.15, 0.2) is 36.7 Å². The summed E-state index contributed by atoms with van der Waals surface area (Å²) < 4.78 is 0. The van der Waals surface area contributed by atoms with Gasteiger partial charge in [-0.1, -0.05) is 12.1 Å². The minimum atomic E-state index is -0.348. The summed E-state index contributed by atoms with van der Waals surface area (Å²) >= 11 is 0. The van der Waals surface area contributed by atoms with Crippen LogP contribution < -0.4 is 5.73 Å². The predicted octanol–water partition coefficient (Wildman–Crippen LogP) is 0.605. The summed E-state index contributed by atoms with van der Waals surface area (Å²) in [6, 6.07) is 7.17. The summed E-state index contributed by atoms with van der Waals surface area (Å²) in [6.07, 6.45) is 4.64. The fourth-order valence-corrected chi connectivity index (χ4v) is 2.73. The molecule has 7 nitrogen and oxygen atoms in total. The molecular formula is C15H17N5O2. The SMILES string of the molecule is NC(=O)C1CCCN(C(=O)c2ccccc2-n2nccn2)C1. The van der Waals surface area contributed by atoms with Crippen molar-refractivity contribution in [2.75, 3.05) is 13.1 Å². The summed E-state index contributed by atoms with van der Waals surface area (Å²) in [5.74, 6) is -0.744. The molecule has 2 heterocycles.